The largest absolute Gasteiger partial charge is 0.327 e. The maximum Gasteiger partial charge on any atom is 0.316 e. The minimum absolute atomic E-state index is 0.618. The molecule has 2 aromatic rings. The lowest BCUT2D eigenvalue weighted by Gasteiger charge is -2.30. The Bertz CT molecular complexity index is 654. The summed E-state index contributed by atoms with van der Waals surface area (Å²) in [4.78, 5) is 12.5. The van der Waals surface area contributed by atoms with E-state index in [1.165, 1.54) is 0 Å². The highest BCUT2D eigenvalue weighted by atomic mass is 35.6. The Morgan fingerprint density at radius 2 is 0.962 bits per heavy atom. The average Bonchev–Trinajstić information content (AvgIpc) is 2.57. The molecule has 0 radical (unpaired) electrons. The van der Waals surface area contributed by atoms with Crippen LogP contribution in [0, 0.1) is 0 Å². The Kier molecular flexibility index (Phi) is 7.61. The molecule has 0 aliphatic rings. The number of carbonyl (C=O) groups is 1. The summed E-state index contributed by atoms with van der Waals surface area (Å²) in [6.45, 7) is 0. The molecule has 0 aliphatic carbocycles. The van der Waals surface area contributed by atoms with Crippen molar-refractivity contribution in [2.24, 2.45) is 0 Å². The van der Waals surface area contributed by atoms with Crippen molar-refractivity contribution in [3.8, 4) is 0 Å². The highest BCUT2D eigenvalue weighted by molar-refractivity contribution is 6.68. The molecule has 3 nitrogen and oxygen atoms in total. The number of halogens is 6. The minimum Gasteiger partial charge on any atom is -0.327 e. The van der Waals surface area contributed by atoms with Crippen molar-refractivity contribution in [1.29, 1.82) is 0 Å². The molecule has 140 valence electrons. The zero-order valence-electron chi connectivity index (χ0n) is 13.1. The lowest BCUT2D eigenvalue weighted by molar-refractivity contribution is 0.233. The summed E-state index contributed by atoms with van der Waals surface area (Å²) in [6.07, 6.45) is 0. The van der Waals surface area contributed by atoms with E-state index in [4.69, 9.17) is 69.6 Å². The molecule has 2 rings (SSSR count). The Balaban J connectivity index is 2.21. The van der Waals surface area contributed by atoms with E-state index in [1.807, 2.05) is 12.1 Å². The number of carbonyl (C=O) groups excluding carboxylic acids is 1. The van der Waals surface area contributed by atoms with E-state index in [1.54, 1.807) is 48.5 Å². The van der Waals surface area contributed by atoms with Gasteiger partial charge in [0, 0.05) is 0 Å². The van der Waals surface area contributed by atoms with Crippen molar-refractivity contribution >= 4 is 75.6 Å². The molecule has 0 saturated carbocycles. The van der Waals surface area contributed by atoms with Crippen LogP contribution in [0.1, 0.15) is 23.2 Å². The summed E-state index contributed by atoms with van der Waals surface area (Å²) < 4.78 is -3.55. The number of hydrogen-bond donors (Lipinski definition) is 2. The molecule has 0 spiro atoms. The SMILES string of the molecule is O=C(N[C@@H](c1ccccc1)C(Cl)(Cl)Cl)N[C@@H](c1ccccc1)C(Cl)(Cl)Cl. The fourth-order valence-electron chi connectivity index (χ4n) is 2.30. The van der Waals surface area contributed by atoms with E-state index in [-0.39, 0.29) is 0 Å². The molecule has 0 heterocycles. The maximum atomic E-state index is 12.5. The molecule has 2 aromatic carbocycles. The van der Waals surface area contributed by atoms with Gasteiger partial charge < -0.3 is 10.6 Å². The zero-order chi connectivity index (χ0) is 19.4. The summed E-state index contributed by atoms with van der Waals surface area (Å²) in [5.41, 5.74) is 1.24. The van der Waals surface area contributed by atoms with E-state index in [2.05, 4.69) is 10.6 Å². The van der Waals surface area contributed by atoms with Crippen LogP contribution in [-0.2, 0) is 0 Å². The van der Waals surface area contributed by atoms with Crippen molar-refractivity contribution in [1.82, 2.24) is 10.6 Å². The van der Waals surface area contributed by atoms with Crippen molar-refractivity contribution in [3.63, 3.8) is 0 Å². The van der Waals surface area contributed by atoms with Crippen LogP contribution in [0.3, 0.4) is 0 Å². The van der Waals surface area contributed by atoms with Crippen molar-refractivity contribution in [2.45, 2.75) is 19.7 Å². The van der Waals surface area contributed by atoms with Gasteiger partial charge in [-0.15, -0.1) is 0 Å². The third-order valence-corrected chi connectivity index (χ3v) is 4.78. The monoisotopic (exact) mass is 472 g/mol. The van der Waals surface area contributed by atoms with Gasteiger partial charge in [0.25, 0.3) is 0 Å². The molecule has 0 unspecified atom stereocenters. The van der Waals surface area contributed by atoms with Gasteiger partial charge in [-0.1, -0.05) is 130 Å². The van der Waals surface area contributed by atoms with E-state index < -0.39 is 25.7 Å². The number of alkyl halides is 6. The van der Waals surface area contributed by atoms with Crippen molar-refractivity contribution in [3.05, 3.63) is 71.8 Å². The lowest BCUT2D eigenvalue weighted by atomic mass is 10.1. The van der Waals surface area contributed by atoms with E-state index >= 15 is 0 Å². The number of nitrogens with one attached hydrogen (secondary N) is 2. The van der Waals surface area contributed by atoms with Gasteiger partial charge in [0.15, 0.2) is 0 Å². The van der Waals surface area contributed by atoms with E-state index in [9.17, 15) is 4.79 Å². The number of rotatable bonds is 4. The van der Waals surface area contributed by atoms with Gasteiger partial charge in [0.1, 0.15) is 12.1 Å². The Morgan fingerprint density at radius 3 is 1.23 bits per heavy atom. The fourth-order valence-corrected chi connectivity index (χ4v) is 3.39. The molecule has 2 atom stereocenters. The van der Waals surface area contributed by atoms with Crippen LogP contribution in [0.2, 0.25) is 0 Å². The van der Waals surface area contributed by atoms with Crippen molar-refractivity contribution in [2.75, 3.05) is 0 Å². The predicted octanol–water partition coefficient (Wildman–Crippen LogP) is 6.51. The van der Waals surface area contributed by atoms with Gasteiger partial charge in [-0.3, -0.25) is 0 Å². The third kappa shape index (κ3) is 6.26. The second kappa shape index (κ2) is 9.09. The lowest BCUT2D eigenvalue weighted by Crippen LogP contribution is -2.46. The molecule has 0 saturated heterocycles. The molecule has 2 amide bonds. The van der Waals surface area contributed by atoms with Crippen LogP contribution >= 0.6 is 69.6 Å². The van der Waals surface area contributed by atoms with Crippen LogP contribution < -0.4 is 10.6 Å². The van der Waals surface area contributed by atoms with Crippen LogP contribution in [0.25, 0.3) is 0 Å². The number of benzene rings is 2. The van der Waals surface area contributed by atoms with E-state index in [0.29, 0.717) is 11.1 Å². The molecule has 9 heteroatoms. The quantitative estimate of drug-likeness (QED) is 0.487. The summed E-state index contributed by atoms with van der Waals surface area (Å²) in [5.74, 6) is 0. The first-order valence-electron chi connectivity index (χ1n) is 7.39. The topological polar surface area (TPSA) is 41.1 Å². The third-order valence-electron chi connectivity index (χ3n) is 3.47. The first kappa shape index (κ1) is 21.7. The molecule has 26 heavy (non-hydrogen) atoms. The second-order valence-corrected chi connectivity index (χ2v) is 10.1. The minimum atomic E-state index is -1.78. The van der Waals surface area contributed by atoms with Crippen molar-refractivity contribution < 1.29 is 4.79 Å². The number of urea groups is 1. The molecule has 2 N–H and O–H groups in total. The Hall–Kier alpha value is -0.550. The Morgan fingerprint density at radius 1 is 0.654 bits per heavy atom. The summed E-state index contributed by atoms with van der Waals surface area (Å²) in [7, 11) is 0. The molecular formula is C17H14Cl6N2O. The average molecular weight is 475 g/mol. The maximum absolute atomic E-state index is 12.5. The van der Waals surface area contributed by atoms with Gasteiger partial charge in [-0.25, -0.2) is 4.79 Å². The van der Waals surface area contributed by atoms with Gasteiger partial charge in [0.05, 0.1) is 0 Å². The van der Waals surface area contributed by atoms with Gasteiger partial charge >= 0.3 is 6.03 Å². The molecular weight excluding hydrogens is 461 g/mol. The highest BCUT2D eigenvalue weighted by Crippen LogP contribution is 2.41. The smallest absolute Gasteiger partial charge is 0.316 e. The highest BCUT2D eigenvalue weighted by Gasteiger charge is 2.38. The molecule has 0 bridgehead atoms. The first-order chi connectivity index (χ1) is 12.1. The van der Waals surface area contributed by atoms with Crippen LogP contribution in [0.4, 0.5) is 4.79 Å². The first-order valence-corrected chi connectivity index (χ1v) is 9.66. The van der Waals surface area contributed by atoms with Crippen LogP contribution in [0.15, 0.2) is 60.7 Å². The number of amides is 2. The molecule has 0 aromatic heterocycles. The summed E-state index contributed by atoms with van der Waals surface area (Å²) in [5, 5.41) is 5.25. The van der Waals surface area contributed by atoms with Gasteiger partial charge in [-0.05, 0) is 11.1 Å². The standard InChI is InChI=1S/C17H14Cl6N2O/c18-16(19,20)13(11-7-3-1-4-8-11)24-15(26)25-14(17(21,22)23)12-9-5-2-6-10-12/h1-10,13-14H,(H2,24,25,26)/t13-,14-/m0/s1. The molecule has 0 aliphatic heterocycles. The zero-order valence-corrected chi connectivity index (χ0v) is 17.6. The number of hydrogen-bond acceptors (Lipinski definition) is 1. The normalized spacial score (nSPS) is 14.4. The fraction of sp³-hybridized carbons (Fsp3) is 0.235. The summed E-state index contributed by atoms with van der Waals surface area (Å²) in [6, 6.07) is 15.2. The van der Waals surface area contributed by atoms with Gasteiger partial charge in [0.2, 0.25) is 7.59 Å². The van der Waals surface area contributed by atoms with E-state index in [0.717, 1.165) is 0 Å². The van der Waals surface area contributed by atoms with Crippen LogP contribution in [-0.4, -0.2) is 13.6 Å². The van der Waals surface area contributed by atoms with Crippen LogP contribution in [0.5, 0.6) is 0 Å². The van der Waals surface area contributed by atoms with Gasteiger partial charge in [-0.2, -0.15) is 0 Å². The Labute approximate surface area is 181 Å². The second-order valence-electron chi connectivity index (χ2n) is 5.39. The predicted molar refractivity (Wildman–Crippen MR) is 111 cm³/mol. The summed E-state index contributed by atoms with van der Waals surface area (Å²) >= 11 is 36.2. The molecule has 0 fully saturated rings.